The first kappa shape index (κ1) is 18.9. The van der Waals surface area contributed by atoms with Crippen molar-refractivity contribution in [2.24, 2.45) is 0 Å². The minimum Gasteiger partial charge on any atom is -0.497 e. The molecule has 27 heavy (non-hydrogen) atoms. The third-order valence-corrected chi connectivity index (χ3v) is 4.64. The lowest BCUT2D eigenvalue weighted by molar-refractivity contribution is -0.0512. The van der Waals surface area contributed by atoms with E-state index >= 15 is 0 Å². The first-order chi connectivity index (χ1) is 13.0. The Balaban J connectivity index is 1.83. The molecule has 0 spiro atoms. The van der Waals surface area contributed by atoms with Crippen molar-refractivity contribution < 1.29 is 27.8 Å². The van der Waals surface area contributed by atoms with Crippen molar-refractivity contribution >= 4 is 5.91 Å². The molecule has 1 heterocycles. The summed E-state index contributed by atoms with van der Waals surface area (Å²) >= 11 is 0. The topological polar surface area (TPSA) is 48.0 Å². The molecule has 1 unspecified atom stereocenters. The van der Waals surface area contributed by atoms with Crippen molar-refractivity contribution in [1.29, 1.82) is 0 Å². The van der Waals surface area contributed by atoms with Gasteiger partial charge in [-0.1, -0.05) is 12.1 Å². The minimum atomic E-state index is -2.96. The summed E-state index contributed by atoms with van der Waals surface area (Å²) in [6.45, 7) is -2.33. The molecule has 7 heteroatoms. The zero-order valence-electron chi connectivity index (χ0n) is 15.2. The van der Waals surface area contributed by atoms with E-state index in [0.717, 1.165) is 24.2 Å². The van der Waals surface area contributed by atoms with Crippen LogP contribution in [0.3, 0.4) is 0 Å². The summed E-state index contributed by atoms with van der Waals surface area (Å²) in [6.07, 6.45) is 1.76. The molecule has 1 amide bonds. The van der Waals surface area contributed by atoms with Gasteiger partial charge in [-0.05, 0) is 48.7 Å². The van der Waals surface area contributed by atoms with Crippen molar-refractivity contribution in [3.05, 3.63) is 53.6 Å². The van der Waals surface area contributed by atoms with Gasteiger partial charge in [0.05, 0.1) is 20.3 Å². The first-order valence-electron chi connectivity index (χ1n) is 8.61. The fourth-order valence-corrected chi connectivity index (χ4v) is 3.34. The lowest BCUT2D eigenvalue weighted by Crippen LogP contribution is -2.30. The number of benzene rings is 2. The third kappa shape index (κ3) is 4.13. The van der Waals surface area contributed by atoms with Gasteiger partial charge in [0.1, 0.15) is 5.75 Å². The fraction of sp³-hybridized carbons (Fsp3) is 0.350. The van der Waals surface area contributed by atoms with Gasteiger partial charge in [0, 0.05) is 12.1 Å². The van der Waals surface area contributed by atoms with Gasteiger partial charge in [0.25, 0.3) is 5.91 Å². The molecule has 3 rings (SSSR count). The van der Waals surface area contributed by atoms with Gasteiger partial charge < -0.3 is 19.1 Å². The Morgan fingerprint density at radius 3 is 2.44 bits per heavy atom. The van der Waals surface area contributed by atoms with Gasteiger partial charge in [-0.25, -0.2) is 0 Å². The summed E-state index contributed by atoms with van der Waals surface area (Å²) in [7, 11) is 2.95. The third-order valence-electron chi connectivity index (χ3n) is 4.64. The Morgan fingerprint density at radius 2 is 1.81 bits per heavy atom. The molecule has 1 aliphatic rings. The van der Waals surface area contributed by atoms with Crippen LogP contribution in [0.4, 0.5) is 8.78 Å². The van der Waals surface area contributed by atoms with Crippen molar-refractivity contribution in [2.45, 2.75) is 25.5 Å². The number of alkyl halides is 2. The summed E-state index contributed by atoms with van der Waals surface area (Å²) in [4.78, 5) is 14.8. The second-order valence-electron chi connectivity index (χ2n) is 6.17. The van der Waals surface area contributed by atoms with E-state index in [1.54, 1.807) is 12.0 Å². The highest BCUT2D eigenvalue weighted by molar-refractivity contribution is 5.95. The smallest absolute Gasteiger partial charge is 0.387 e. The Morgan fingerprint density at radius 1 is 1.07 bits per heavy atom. The highest BCUT2D eigenvalue weighted by atomic mass is 19.3. The van der Waals surface area contributed by atoms with Crippen molar-refractivity contribution in [3.63, 3.8) is 0 Å². The van der Waals surface area contributed by atoms with Crippen molar-refractivity contribution in [2.75, 3.05) is 20.8 Å². The number of hydrogen-bond donors (Lipinski definition) is 0. The lowest BCUT2D eigenvalue weighted by atomic mass is 10.0. The molecule has 144 valence electrons. The maximum absolute atomic E-state index is 13.0. The largest absolute Gasteiger partial charge is 0.497 e. The predicted octanol–water partition coefficient (Wildman–Crippen LogP) is 4.28. The van der Waals surface area contributed by atoms with E-state index in [1.807, 2.05) is 24.3 Å². The number of carbonyl (C=O) groups excluding carboxylic acids is 1. The zero-order chi connectivity index (χ0) is 19.4. The highest BCUT2D eigenvalue weighted by Crippen LogP contribution is 2.35. The number of methoxy groups -OCH3 is 2. The summed E-state index contributed by atoms with van der Waals surface area (Å²) < 4.78 is 39.6. The van der Waals surface area contributed by atoms with Crippen molar-refractivity contribution in [3.8, 4) is 17.2 Å². The lowest BCUT2D eigenvalue weighted by Gasteiger charge is -2.25. The Bertz CT molecular complexity index is 795. The molecule has 1 saturated heterocycles. The Kier molecular flexibility index (Phi) is 5.78. The highest BCUT2D eigenvalue weighted by Gasteiger charge is 2.31. The number of carbonyl (C=O) groups is 1. The second-order valence-corrected chi connectivity index (χ2v) is 6.17. The van der Waals surface area contributed by atoms with Gasteiger partial charge in [0.2, 0.25) is 0 Å². The monoisotopic (exact) mass is 377 g/mol. The van der Waals surface area contributed by atoms with Crippen LogP contribution in [0.25, 0.3) is 0 Å². The molecule has 0 N–H and O–H groups in total. The van der Waals surface area contributed by atoms with Gasteiger partial charge in [-0.2, -0.15) is 8.78 Å². The molecule has 2 aromatic carbocycles. The van der Waals surface area contributed by atoms with Crippen molar-refractivity contribution in [1.82, 2.24) is 4.90 Å². The number of ether oxygens (including phenoxy) is 3. The maximum Gasteiger partial charge on any atom is 0.387 e. The number of halogens is 2. The normalized spacial score (nSPS) is 16.5. The quantitative estimate of drug-likeness (QED) is 0.754. The fourth-order valence-electron chi connectivity index (χ4n) is 3.34. The zero-order valence-corrected chi connectivity index (χ0v) is 15.2. The molecule has 0 bridgehead atoms. The van der Waals surface area contributed by atoms with E-state index in [2.05, 4.69) is 4.74 Å². The molecule has 0 aromatic heterocycles. The van der Waals surface area contributed by atoms with E-state index in [1.165, 1.54) is 25.3 Å². The van der Waals surface area contributed by atoms with Crippen LogP contribution in [0, 0.1) is 0 Å². The first-order valence-corrected chi connectivity index (χ1v) is 8.61. The summed E-state index contributed by atoms with van der Waals surface area (Å²) in [5, 5.41) is 0. The average molecular weight is 377 g/mol. The molecule has 0 radical (unpaired) electrons. The van der Waals surface area contributed by atoms with Crippen LogP contribution in [-0.4, -0.2) is 38.2 Å². The summed E-state index contributed by atoms with van der Waals surface area (Å²) in [5.41, 5.74) is 1.40. The van der Waals surface area contributed by atoms with Gasteiger partial charge in [-0.15, -0.1) is 0 Å². The average Bonchev–Trinajstić information content (AvgIpc) is 3.17. The second kappa shape index (κ2) is 8.24. The molecule has 1 aliphatic heterocycles. The van der Waals surface area contributed by atoms with Crippen LogP contribution >= 0.6 is 0 Å². The van der Waals surface area contributed by atoms with Crippen LogP contribution < -0.4 is 14.2 Å². The number of nitrogens with zero attached hydrogens (tertiary/aromatic N) is 1. The number of amides is 1. The van der Waals surface area contributed by atoms with E-state index < -0.39 is 6.61 Å². The Hall–Kier alpha value is -2.83. The number of likely N-dealkylation sites (tertiary alicyclic amines) is 1. The van der Waals surface area contributed by atoms with E-state index in [0.29, 0.717) is 12.1 Å². The standard InChI is InChI=1S/C20H21F2NO4/c1-25-15-8-5-13(6-9-15)16-4-3-11-23(16)19(24)14-7-10-17(27-20(21)22)18(12-14)26-2/h5-10,12,16,20H,3-4,11H2,1-2H3. The molecule has 5 nitrogen and oxygen atoms in total. The van der Waals surface area contributed by atoms with E-state index in [4.69, 9.17) is 9.47 Å². The number of hydrogen-bond acceptors (Lipinski definition) is 4. The molecular weight excluding hydrogens is 356 g/mol. The molecule has 1 atom stereocenters. The van der Waals surface area contributed by atoms with E-state index in [9.17, 15) is 13.6 Å². The van der Waals surface area contributed by atoms with Gasteiger partial charge in [-0.3, -0.25) is 4.79 Å². The predicted molar refractivity (Wildman–Crippen MR) is 95.6 cm³/mol. The van der Waals surface area contributed by atoms with Crippen LogP contribution in [0.1, 0.15) is 34.8 Å². The van der Waals surface area contributed by atoms with Gasteiger partial charge >= 0.3 is 6.61 Å². The number of rotatable bonds is 6. The van der Waals surface area contributed by atoms with E-state index in [-0.39, 0.29) is 23.4 Å². The van der Waals surface area contributed by atoms with Crippen LogP contribution in [0.15, 0.2) is 42.5 Å². The molecule has 0 aliphatic carbocycles. The van der Waals surface area contributed by atoms with Crippen LogP contribution in [0.2, 0.25) is 0 Å². The SMILES string of the molecule is COc1ccc(C2CCCN2C(=O)c2ccc(OC(F)F)c(OC)c2)cc1. The minimum absolute atomic E-state index is 0.0357. The molecular formula is C20H21F2NO4. The maximum atomic E-state index is 13.0. The molecule has 2 aromatic rings. The van der Waals surface area contributed by atoms with Crippen LogP contribution in [0.5, 0.6) is 17.2 Å². The summed E-state index contributed by atoms with van der Waals surface area (Å²) in [6, 6.07) is 11.9. The molecule has 1 fully saturated rings. The van der Waals surface area contributed by atoms with Gasteiger partial charge in [0.15, 0.2) is 11.5 Å². The van der Waals surface area contributed by atoms with Crippen LogP contribution in [-0.2, 0) is 0 Å². The molecule has 0 saturated carbocycles. The summed E-state index contributed by atoms with van der Waals surface area (Å²) in [5.74, 6) is 0.586. The Labute approximate surface area is 156 Å².